The fraction of sp³-hybridized carbons (Fsp3) is 0.727. The summed E-state index contributed by atoms with van der Waals surface area (Å²) in [7, 11) is 3.72. The third kappa shape index (κ3) is 3.04. The maximum Gasteiger partial charge on any atom is 0.0561 e. The molecule has 0 aromatic carbocycles. The molecule has 2 unspecified atom stereocenters. The van der Waals surface area contributed by atoms with Gasteiger partial charge in [-0.15, -0.1) is 0 Å². The zero-order chi connectivity index (χ0) is 11.3. The van der Waals surface area contributed by atoms with E-state index < -0.39 is 0 Å². The lowest BCUT2D eigenvalue weighted by Gasteiger charge is -2.20. The SMILES string of the molecule is CCn1nccc1C(CC(C)OC)NC. The largest absolute Gasteiger partial charge is 0.382 e. The number of hydrogen-bond donors (Lipinski definition) is 1. The van der Waals surface area contributed by atoms with Crippen molar-refractivity contribution in [1.82, 2.24) is 15.1 Å². The first-order chi connectivity index (χ1) is 7.22. The molecule has 0 saturated heterocycles. The van der Waals surface area contributed by atoms with E-state index in [1.165, 1.54) is 5.69 Å². The van der Waals surface area contributed by atoms with Crippen LogP contribution in [0.15, 0.2) is 12.3 Å². The van der Waals surface area contributed by atoms with Crippen molar-refractivity contribution in [1.29, 1.82) is 0 Å². The van der Waals surface area contributed by atoms with E-state index in [4.69, 9.17) is 4.74 Å². The molecule has 2 atom stereocenters. The first kappa shape index (κ1) is 12.2. The lowest BCUT2D eigenvalue weighted by atomic mass is 10.1. The van der Waals surface area contributed by atoms with Gasteiger partial charge in [0.2, 0.25) is 0 Å². The van der Waals surface area contributed by atoms with E-state index in [1.54, 1.807) is 7.11 Å². The maximum atomic E-state index is 5.28. The van der Waals surface area contributed by atoms with Crippen molar-refractivity contribution in [2.75, 3.05) is 14.2 Å². The molecule has 0 fully saturated rings. The molecule has 0 aliphatic carbocycles. The van der Waals surface area contributed by atoms with Gasteiger partial charge >= 0.3 is 0 Å². The second kappa shape index (κ2) is 5.88. The highest BCUT2D eigenvalue weighted by Crippen LogP contribution is 2.18. The molecule has 86 valence electrons. The molecule has 1 aromatic heterocycles. The Morgan fingerprint density at radius 2 is 2.33 bits per heavy atom. The fourth-order valence-corrected chi connectivity index (χ4v) is 1.72. The van der Waals surface area contributed by atoms with Gasteiger partial charge in [-0.3, -0.25) is 4.68 Å². The number of ether oxygens (including phenoxy) is 1. The van der Waals surface area contributed by atoms with Gasteiger partial charge in [0.1, 0.15) is 0 Å². The predicted octanol–water partition coefficient (Wildman–Crippen LogP) is 1.59. The third-order valence-electron chi connectivity index (χ3n) is 2.72. The minimum absolute atomic E-state index is 0.252. The standard InChI is InChI=1S/C11H21N3O/c1-5-14-11(6-7-13-14)10(12-3)8-9(2)15-4/h6-7,9-10,12H,5,8H2,1-4H3. The molecular weight excluding hydrogens is 190 g/mol. The molecule has 1 N–H and O–H groups in total. The van der Waals surface area contributed by atoms with E-state index in [2.05, 4.69) is 30.3 Å². The van der Waals surface area contributed by atoms with Crippen molar-refractivity contribution in [3.05, 3.63) is 18.0 Å². The predicted molar refractivity (Wildman–Crippen MR) is 60.8 cm³/mol. The summed E-state index contributed by atoms with van der Waals surface area (Å²) in [5.74, 6) is 0. The summed E-state index contributed by atoms with van der Waals surface area (Å²) in [6.45, 7) is 5.09. The van der Waals surface area contributed by atoms with Crippen LogP contribution in [0.1, 0.15) is 32.0 Å². The molecular formula is C11H21N3O. The Morgan fingerprint density at radius 1 is 1.60 bits per heavy atom. The normalized spacial score (nSPS) is 15.2. The average Bonchev–Trinajstić information content (AvgIpc) is 2.73. The summed E-state index contributed by atoms with van der Waals surface area (Å²) in [5.41, 5.74) is 1.23. The zero-order valence-corrected chi connectivity index (χ0v) is 10.0. The quantitative estimate of drug-likeness (QED) is 0.776. The Morgan fingerprint density at radius 3 is 2.87 bits per heavy atom. The molecule has 0 amide bonds. The van der Waals surface area contributed by atoms with Gasteiger partial charge < -0.3 is 10.1 Å². The van der Waals surface area contributed by atoms with Gasteiger partial charge in [0, 0.05) is 19.9 Å². The molecule has 0 aliphatic heterocycles. The highest BCUT2D eigenvalue weighted by Gasteiger charge is 2.16. The smallest absolute Gasteiger partial charge is 0.0561 e. The second-order valence-electron chi connectivity index (χ2n) is 3.70. The molecule has 1 heterocycles. The van der Waals surface area contributed by atoms with E-state index in [9.17, 15) is 0 Å². The fourth-order valence-electron chi connectivity index (χ4n) is 1.72. The molecule has 0 radical (unpaired) electrons. The van der Waals surface area contributed by atoms with Crippen LogP contribution >= 0.6 is 0 Å². The minimum Gasteiger partial charge on any atom is -0.382 e. The van der Waals surface area contributed by atoms with Crippen LogP contribution in [0.3, 0.4) is 0 Å². The van der Waals surface area contributed by atoms with E-state index in [0.29, 0.717) is 6.04 Å². The monoisotopic (exact) mass is 211 g/mol. The van der Waals surface area contributed by atoms with Crippen LogP contribution in [-0.2, 0) is 11.3 Å². The van der Waals surface area contributed by atoms with E-state index in [-0.39, 0.29) is 6.10 Å². The number of rotatable bonds is 6. The molecule has 15 heavy (non-hydrogen) atoms. The summed E-state index contributed by atoms with van der Waals surface area (Å²) >= 11 is 0. The molecule has 1 rings (SSSR count). The molecule has 4 heteroatoms. The Bertz CT molecular complexity index is 285. The van der Waals surface area contributed by atoms with Crippen molar-refractivity contribution >= 4 is 0 Å². The van der Waals surface area contributed by atoms with E-state index in [0.717, 1.165) is 13.0 Å². The van der Waals surface area contributed by atoms with Crippen molar-refractivity contribution in [2.45, 2.75) is 39.0 Å². The maximum absolute atomic E-state index is 5.28. The molecule has 0 aliphatic rings. The van der Waals surface area contributed by atoms with Gasteiger partial charge in [0.15, 0.2) is 0 Å². The van der Waals surface area contributed by atoms with E-state index in [1.807, 2.05) is 17.9 Å². The van der Waals surface area contributed by atoms with E-state index >= 15 is 0 Å². The number of nitrogens with one attached hydrogen (secondary N) is 1. The van der Waals surface area contributed by atoms with Crippen LogP contribution in [0.4, 0.5) is 0 Å². The first-order valence-corrected chi connectivity index (χ1v) is 5.44. The second-order valence-corrected chi connectivity index (χ2v) is 3.70. The number of nitrogens with zero attached hydrogens (tertiary/aromatic N) is 2. The van der Waals surface area contributed by atoms with Crippen LogP contribution < -0.4 is 5.32 Å². The highest BCUT2D eigenvalue weighted by molar-refractivity contribution is 5.07. The minimum atomic E-state index is 0.252. The van der Waals surface area contributed by atoms with Crippen LogP contribution in [0, 0.1) is 0 Å². The van der Waals surface area contributed by atoms with Crippen LogP contribution in [-0.4, -0.2) is 30.0 Å². The lowest BCUT2D eigenvalue weighted by molar-refractivity contribution is 0.100. The zero-order valence-electron chi connectivity index (χ0n) is 10.0. The molecule has 1 aromatic rings. The summed E-state index contributed by atoms with van der Waals surface area (Å²) < 4.78 is 7.30. The first-order valence-electron chi connectivity index (χ1n) is 5.44. The van der Waals surface area contributed by atoms with Gasteiger partial charge in [-0.1, -0.05) is 0 Å². The average molecular weight is 211 g/mol. The third-order valence-corrected chi connectivity index (χ3v) is 2.72. The summed E-state index contributed by atoms with van der Waals surface area (Å²) in [4.78, 5) is 0. The Hall–Kier alpha value is -0.870. The number of hydrogen-bond acceptors (Lipinski definition) is 3. The van der Waals surface area contributed by atoms with Gasteiger partial charge in [-0.25, -0.2) is 0 Å². The van der Waals surface area contributed by atoms with Crippen molar-refractivity contribution < 1.29 is 4.74 Å². The van der Waals surface area contributed by atoms with Gasteiger partial charge in [0.25, 0.3) is 0 Å². The Kier molecular flexibility index (Phi) is 4.78. The molecule has 0 bridgehead atoms. The number of aryl methyl sites for hydroxylation is 1. The van der Waals surface area contributed by atoms with Crippen LogP contribution in [0.5, 0.6) is 0 Å². The van der Waals surface area contributed by atoms with Crippen molar-refractivity contribution in [3.8, 4) is 0 Å². The highest BCUT2D eigenvalue weighted by atomic mass is 16.5. The van der Waals surface area contributed by atoms with Crippen molar-refractivity contribution in [2.24, 2.45) is 0 Å². The summed E-state index contributed by atoms with van der Waals surface area (Å²) in [5, 5.41) is 7.58. The van der Waals surface area contributed by atoms with Crippen LogP contribution in [0.25, 0.3) is 0 Å². The van der Waals surface area contributed by atoms with Gasteiger partial charge in [-0.05, 0) is 33.4 Å². The number of aromatic nitrogens is 2. The van der Waals surface area contributed by atoms with Gasteiger partial charge in [0.05, 0.1) is 17.8 Å². The topological polar surface area (TPSA) is 39.1 Å². The lowest BCUT2D eigenvalue weighted by Crippen LogP contribution is -2.24. The Balaban J connectivity index is 2.73. The molecule has 4 nitrogen and oxygen atoms in total. The number of methoxy groups -OCH3 is 1. The summed E-state index contributed by atoms with van der Waals surface area (Å²) in [6.07, 6.45) is 3.06. The molecule has 0 spiro atoms. The molecule has 0 saturated carbocycles. The van der Waals surface area contributed by atoms with Crippen LogP contribution in [0.2, 0.25) is 0 Å². The Labute approximate surface area is 91.6 Å². The summed E-state index contributed by atoms with van der Waals surface area (Å²) in [6, 6.07) is 2.37. The van der Waals surface area contributed by atoms with Gasteiger partial charge in [-0.2, -0.15) is 5.10 Å². The van der Waals surface area contributed by atoms with Crippen molar-refractivity contribution in [3.63, 3.8) is 0 Å².